The molecule has 4 nitrogen and oxygen atoms in total. The molecule has 0 aromatic carbocycles. The fraction of sp³-hybridized carbons (Fsp3) is 1.00. The molecule has 3 N–H and O–H groups in total. The highest BCUT2D eigenvalue weighted by molar-refractivity contribution is 4.73. The molecule has 1 aliphatic heterocycles. The van der Waals surface area contributed by atoms with E-state index in [2.05, 4.69) is 16.8 Å². The topological polar surface area (TPSA) is 52.7 Å². The number of hydrogen-bond acceptors (Lipinski definition) is 4. The van der Waals surface area contributed by atoms with Gasteiger partial charge in [0, 0.05) is 45.4 Å². The second-order valence-electron chi connectivity index (χ2n) is 3.88. The van der Waals surface area contributed by atoms with Crippen LogP contribution in [0.25, 0.3) is 0 Å². The predicted molar refractivity (Wildman–Crippen MR) is 53.6 cm³/mol. The molecule has 0 amide bonds. The van der Waals surface area contributed by atoms with Gasteiger partial charge in [0.15, 0.2) is 0 Å². The summed E-state index contributed by atoms with van der Waals surface area (Å²) >= 11 is 0. The smallest absolute Gasteiger partial charge is 0.0446 e. The standard InChI is InChI=1S/C9H21N3O/c1-11-3-5-12(6-4-11)8-9(10)2-7-13/h9,13H,2-8,10H2,1H3. The van der Waals surface area contributed by atoms with Crippen LogP contribution in [-0.2, 0) is 0 Å². The molecule has 1 atom stereocenters. The molecule has 0 spiro atoms. The summed E-state index contributed by atoms with van der Waals surface area (Å²) in [5, 5.41) is 8.70. The van der Waals surface area contributed by atoms with Crippen LogP contribution in [0.1, 0.15) is 6.42 Å². The summed E-state index contributed by atoms with van der Waals surface area (Å²) in [6.45, 7) is 5.60. The highest BCUT2D eigenvalue weighted by Crippen LogP contribution is 2.00. The Morgan fingerprint density at radius 3 is 2.46 bits per heavy atom. The van der Waals surface area contributed by atoms with Gasteiger partial charge < -0.3 is 15.7 Å². The first-order chi connectivity index (χ1) is 6.22. The van der Waals surface area contributed by atoms with E-state index >= 15 is 0 Å². The molecule has 1 rings (SSSR count). The molecule has 78 valence electrons. The summed E-state index contributed by atoms with van der Waals surface area (Å²) in [5.74, 6) is 0. The number of rotatable bonds is 4. The van der Waals surface area contributed by atoms with Crippen LogP contribution in [0.15, 0.2) is 0 Å². The summed E-state index contributed by atoms with van der Waals surface area (Å²) < 4.78 is 0. The zero-order chi connectivity index (χ0) is 9.68. The Labute approximate surface area is 80.3 Å². The minimum absolute atomic E-state index is 0.133. The maximum atomic E-state index is 8.70. The number of piperazine rings is 1. The van der Waals surface area contributed by atoms with Gasteiger partial charge in [0.2, 0.25) is 0 Å². The first-order valence-electron chi connectivity index (χ1n) is 4.99. The summed E-state index contributed by atoms with van der Waals surface area (Å²) in [7, 11) is 2.14. The van der Waals surface area contributed by atoms with Gasteiger partial charge in [-0.25, -0.2) is 0 Å². The molecule has 0 bridgehead atoms. The molecule has 1 saturated heterocycles. The van der Waals surface area contributed by atoms with Crippen molar-refractivity contribution in [2.75, 3.05) is 46.4 Å². The van der Waals surface area contributed by atoms with Gasteiger partial charge >= 0.3 is 0 Å². The van der Waals surface area contributed by atoms with Crippen molar-refractivity contribution in [3.63, 3.8) is 0 Å². The highest BCUT2D eigenvalue weighted by Gasteiger charge is 2.15. The SMILES string of the molecule is CN1CCN(CC(N)CCO)CC1. The first-order valence-corrected chi connectivity index (χ1v) is 4.99. The van der Waals surface area contributed by atoms with Crippen LogP contribution in [-0.4, -0.2) is 67.3 Å². The molecule has 13 heavy (non-hydrogen) atoms. The lowest BCUT2D eigenvalue weighted by Gasteiger charge is -2.33. The van der Waals surface area contributed by atoms with Crippen molar-refractivity contribution < 1.29 is 5.11 Å². The molecule has 1 unspecified atom stereocenters. The van der Waals surface area contributed by atoms with Crippen LogP contribution in [0.4, 0.5) is 0 Å². The Morgan fingerprint density at radius 1 is 1.31 bits per heavy atom. The van der Waals surface area contributed by atoms with Gasteiger partial charge in [-0.3, -0.25) is 4.90 Å². The molecule has 0 aromatic rings. The largest absolute Gasteiger partial charge is 0.396 e. The van der Waals surface area contributed by atoms with E-state index in [9.17, 15) is 0 Å². The minimum atomic E-state index is 0.133. The maximum Gasteiger partial charge on any atom is 0.0446 e. The number of aliphatic hydroxyl groups excluding tert-OH is 1. The summed E-state index contributed by atoms with van der Waals surface area (Å²) in [4.78, 5) is 4.70. The van der Waals surface area contributed by atoms with Gasteiger partial charge in [-0.05, 0) is 13.5 Å². The van der Waals surface area contributed by atoms with Gasteiger partial charge in [0.1, 0.15) is 0 Å². The molecule has 0 aromatic heterocycles. The Morgan fingerprint density at radius 2 is 1.92 bits per heavy atom. The molecule has 0 aliphatic carbocycles. The third-order valence-electron chi connectivity index (χ3n) is 2.59. The highest BCUT2D eigenvalue weighted by atomic mass is 16.3. The molecular formula is C9H21N3O. The van der Waals surface area contributed by atoms with Crippen LogP contribution in [0.2, 0.25) is 0 Å². The molecule has 0 saturated carbocycles. The molecule has 1 heterocycles. The Balaban J connectivity index is 2.14. The average molecular weight is 187 g/mol. The van der Waals surface area contributed by atoms with Crippen LogP contribution in [0.5, 0.6) is 0 Å². The Kier molecular flexibility index (Phi) is 4.66. The second kappa shape index (κ2) is 5.54. The normalized spacial score (nSPS) is 23.3. The molecule has 1 fully saturated rings. The lowest BCUT2D eigenvalue weighted by Crippen LogP contribution is -2.48. The van der Waals surface area contributed by atoms with Crippen molar-refractivity contribution in [2.45, 2.75) is 12.5 Å². The van der Waals surface area contributed by atoms with E-state index in [4.69, 9.17) is 10.8 Å². The minimum Gasteiger partial charge on any atom is -0.396 e. The van der Waals surface area contributed by atoms with Crippen molar-refractivity contribution in [3.8, 4) is 0 Å². The number of likely N-dealkylation sites (N-methyl/N-ethyl adjacent to an activating group) is 1. The van der Waals surface area contributed by atoms with Crippen molar-refractivity contribution >= 4 is 0 Å². The third kappa shape index (κ3) is 4.04. The lowest BCUT2D eigenvalue weighted by atomic mass is 10.2. The summed E-state index contributed by atoms with van der Waals surface area (Å²) in [6, 6.07) is 0.133. The first kappa shape index (κ1) is 10.9. The van der Waals surface area contributed by atoms with E-state index in [1.165, 1.54) is 0 Å². The van der Waals surface area contributed by atoms with E-state index < -0.39 is 0 Å². The zero-order valence-corrected chi connectivity index (χ0v) is 8.45. The van der Waals surface area contributed by atoms with E-state index in [1.807, 2.05) is 0 Å². The fourth-order valence-electron chi connectivity index (χ4n) is 1.62. The number of nitrogens with zero attached hydrogens (tertiary/aromatic N) is 2. The van der Waals surface area contributed by atoms with Gasteiger partial charge in [-0.1, -0.05) is 0 Å². The zero-order valence-electron chi connectivity index (χ0n) is 8.45. The fourth-order valence-corrected chi connectivity index (χ4v) is 1.62. The lowest BCUT2D eigenvalue weighted by molar-refractivity contribution is 0.142. The Hall–Kier alpha value is -0.160. The van der Waals surface area contributed by atoms with Gasteiger partial charge in [0.25, 0.3) is 0 Å². The van der Waals surface area contributed by atoms with Gasteiger partial charge in [0.05, 0.1) is 0 Å². The number of nitrogens with two attached hydrogens (primary N) is 1. The maximum absolute atomic E-state index is 8.70. The van der Waals surface area contributed by atoms with Crippen molar-refractivity contribution in [1.82, 2.24) is 9.80 Å². The van der Waals surface area contributed by atoms with Crippen molar-refractivity contribution in [3.05, 3.63) is 0 Å². The summed E-state index contributed by atoms with van der Waals surface area (Å²) in [6.07, 6.45) is 0.715. The average Bonchev–Trinajstić information content (AvgIpc) is 2.09. The monoisotopic (exact) mass is 187 g/mol. The van der Waals surface area contributed by atoms with Gasteiger partial charge in [-0.2, -0.15) is 0 Å². The quantitative estimate of drug-likeness (QED) is 0.589. The van der Waals surface area contributed by atoms with E-state index in [1.54, 1.807) is 0 Å². The van der Waals surface area contributed by atoms with Crippen LogP contribution >= 0.6 is 0 Å². The van der Waals surface area contributed by atoms with Crippen molar-refractivity contribution in [2.24, 2.45) is 5.73 Å². The van der Waals surface area contributed by atoms with E-state index in [0.29, 0.717) is 6.42 Å². The van der Waals surface area contributed by atoms with E-state index in [0.717, 1.165) is 32.7 Å². The van der Waals surface area contributed by atoms with Gasteiger partial charge in [-0.15, -0.1) is 0 Å². The number of aliphatic hydroxyl groups is 1. The molecule has 1 aliphatic rings. The van der Waals surface area contributed by atoms with Crippen molar-refractivity contribution in [1.29, 1.82) is 0 Å². The second-order valence-corrected chi connectivity index (χ2v) is 3.88. The number of hydrogen-bond donors (Lipinski definition) is 2. The molecular weight excluding hydrogens is 166 g/mol. The van der Waals surface area contributed by atoms with E-state index in [-0.39, 0.29) is 12.6 Å². The molecule has 4 heteroatoms. The summed E-state index contributed by atoms with van der Waals surface area (Å²) in [5.41, 5.74) is 5.83. The predicted octanol–water partition coefficient (Wildman–Crippen LogP) is -1.06. The molecule has 0 radical (unpaired) electrons. The third-order valence-corrected chi connectivity index (χ3v) is 2.59. The van der Waals surface area contributed by atoms with Crippen LogP contribution in [0, 0.1) is 0 Å². The van der Waals surface area contributed by atoms with Crippen LogP contribution < -0.4 is 5.73 Å². The van der Waals surface area contributed by atoms with Crippen LogP contribution in [0.3, 0.4) is 0 Å². The Bertz CT molecular complexity index is 135.